The maximum absolute atomic E-state index is 13.4. The lowest BCUT2D eigenvalue weighted by atomic mass is 10.1. The molecule has 0 unspecified atom stereocenters. The Kier molecular flexibility index (Phi) is 6.24. The van der Waals surface area contributed by atoms with E-state index >= 15 is 0 Å². The maximum Gasteiger partial charge on any atom is 0.267 e. The van der Waals surface area contributed by atoms with Crippen molar-refractivity contribution in [2.45, 2.75) is 18.6 Å². The third-order valence-electron chi connectivity index (χ3n) is 5.67. The molecule has 3 aromatic carbocycles. The topological polar surface area (TPSA) is 90.5 Å². The molecule has 1 N–H and O–H groups in total. The molecule has 9 heteroatoms. The number of para-hydroxylation sites is 1. The number of nitrogens with zero attached hydrogens (tertiary/aromatic N) is 4. The summed E-state index contributed by atoms with van der Waals surface area (Å²) >= 11 is 1.27. The maximum atomic E-state index is 13.4. The second-order valence-electron chi connectivity index (χ2n) is 8.02. The molecular weight excluding hydrogens is 462 g/mol. The Morgan fingerprint density at radius 1 is 1.00 bits per heavy atom. The van der Waals surface area contributed by atoms with Gasteiger partial charge in [-0.25, -0.2) is 4.57 Å². The van der Waals surface area contributed by atoms with Gasteiger partial charge in [-0.05, 0) is 48.9 Å². The molecule has 5 aromatic rings. The molecule has 35 heavy (non-hydrogen) atoms. The molecule has 0 bridgehead atoms. The molecule has 0 spiro atoms. The van der Waals surface area contributed by atoms with Crippen molar-refractivity contribution in [2.75, 3.05) is 12.9 Å². The van der Waals surface area contributed by atoms with Crippen molar-refractivity contribution in [2.24, 2.45) is 0 Å². The smallest absolute Gasteiger partial charge is 0.267 e. The Labute approximate surface area is 205 Å². The monoisotopic (exact) mass is 485 g/mol. The van der Waals surface area contributed by atoms with Crippen molar-refractivity contribution in [3.63, 3.8) is 0 Å². The number of methoxy groups -OCH3 is 1. The van der Waals surface area contributed by atoms with Gasteiger partial charge >= 0.3 is 0 Å². The van der Waals surface area contributed by atoms with Crippen molar-refractivity contribution in [1.82, 2.24) is 24.5 Å². The van der Waals surface area contributed by atoms with Gasteiger partial charge in [-0.3, -0.25) is 14.0 Å². The number of benzene rings is 3. The fraction of sp³-hybridized carbons (Fsp3) is 0.154. The second kappa shape index (κ2) is 9.63. The first kappa shape index (κ1) is 22.7. The van der Waals surface area contributed by atoms with E-state index in [0.717, 1.165) is 5.56 Å². The number of carbonyl (C=O) groups excluding carboxylic acids is 1. The van der Waals surface area contributed by atoms with Crippen molar-refractivity contribution in [3.05, 3.63) is 94.3 Å². The molecule has 0 radical (unpaired) electrons. The van der Waals surface area contributed by atoms with Crippen LogP contribution in [0.25, 0.3) is 22.4 Å². The number of thioether (sulfide) groups is 1. The van der Waals surface area contributed by atoms with E-state index in [2.05, 4.69) is 15.5 Å². The molecule has 0 aliphatic heterocycles. The minimum atomic E-state index is -0.196. The summed E-state index contributed by atoms with van der Waals surface area (Å²) in [6.07, 6.45) is 0. The van der Waals surface area contributed by atoms with Crippen LogP contribution in [0.1, 0.15) is 11.1 Å². The molecule has 176 valence electrons. The number of ether oxygens (including phenoxy) is 1. The predicted octanol–water partition coefficient (Wildman–Crippen LogP) is 3.76. The third kappa shape index (κ3) is 4.50. The minimum Gasteiger partial charge on any atom is -0.497 e. The third-order valence-corrected chi connectivity index (χ3v) is 6.60. The highest BCUT2D eigenvalue weighted by Gasteiger charge is 2.18. The lowest BCUT2D eigenvalue weighted by molar-refractivity contribution is -0.118. The van der Waals surface area contributed by atoms with Crippen LogP contribution < -0.4 is 15.6 Å². The van der Waals surface area contributed by atoms with Gasteiger partial charge in [-0.2, -0.15) is 0 Å². The van der Waals surface area contributed by atoms with Gasteiger partial charge in [0, 0.05) is 6.54 Å². The second-order valence-corrected chi connectivity index (χ2v) is 8.97. The molecule has 5 rings (SSSR count). The van der Waals surface area contributed by atoms with Gasteiger partial charge in [-0.15, -0.1) is 10.2 Å². The highest BCUT2D eigenvalue weighted by atomic mass is 32.2. The van der Waals surface area contributed by atoms with Crippen LogP contribution in [-0.2, 0) is 11.3 Å². The van der Waals surface area contributed by atoms with E-state index in [9.17, 15) is 9.59 Å². The Hall–Kier alpha value is -4.11. The number of rotatable bonds is 7. The van der Waals surface area contributed by atoms with Gasteiger partial charge in [0.15, 0.2) is 5.16 Å². The Morgan fingerprint density at radius 2 is 1.74 bits per heavy atom. The highest BCUT2D eigenvalue weighted by Crippen LogP contribution is 2.24. The molecule has 0 atom stereocenters. The average Bonchev–Trinajstić information content (AvgIpc) is 3.31. The summed E-state index contributed by atoms with van der Waals surface area (Å²) in [5.41, 5.74) is 3.35. The normalized spacial score (nSPS) is 11.1. The number of aryl methyl sites for hydroxylation is 1. The summed E-state index contributed by atoms with van der Waals surface area (Å²) in [5, 5.41) is 12.6. The first-order valence-corrected chi connectivity index (χ1v) is 12.0. The minimum absolute atomic E-state index is 0.111. The van der Waals surface area contributed by atoms with Gasteiger partial charge in [-0.1, -0.05) is 53.7 Å². The van der Waals surface area contributed by atoms with Crippen molar-refractivity contribution in [1.29, 1.82) is 0 Å². The molecule has 1 amide bonds. The Balaban J connectivity index is 1.46. The number of aromatic nitrogens is 4. The standard InChI is InChI=1S/C26H23N5O3S/c1-17-7-9-18(10-8-17)15-27-23(32)16-35-26-29-28-25-30(19-11-13-20(34-2)14-12-19)24(33)21-5-3-4-6-22(21)31(25)26/h3-14H,15-16H2,1-2H3,(H,27,32). The molecule has 0 saturated heterocycles. The highest BCUT2D eigenvalue weighted by molar-refractivity contribution is 7.99. The van der Waals surface area contributed by atoms with Crippen molar-refractivity contribution >= 4 is 34.3 Å². The molecular formula is C26H23N5O3S. The quantitative estimate of drug-likeness (QED) is 0.353. The van der Waals surface area contributed by atoms with Crippen LogP contribution >= 0.6 is 11.8 Å². The van der Waals surface area contributed by atoms with E-state index in [-0.39, 0.29) is 17.2 Å². The number of hydrogen-bond donors (Lipinski definition) is 1. The van der Waals surface area contributed by atoms with Crippen LogP contribution in [0.4, 0.5) is 0 Å². The number of fused-ring (bicyclic) bond motifs is 3. The van der Waals surface area contributed by atoms with Gasteiger partial charge in [0.25, 0.3) is 5.56 Å². The predicted molar refractivity (Wildman–Crippen MR) is 136 cm³/mol. The summed E-state index contributed by atoms with van der Waals surface area (Å²) in [6, 6.07) is 22.5. The van der Waals surface area contributed by atoms with Crippen LogP contribution in [0.2, 0.25) is 0 Å². The first-order chi connectivity index (χ1) is 17.0. The summed E-state index contributed by atoms with van der Waals surface area (Å²) < 4.78 is 8.59. The van der Waals surface area contributed by atoms with E-state index in [1.165, 1.54) is 21.9 Å². The Morgan fingerprint density at radius 3 is 2.49 bits per heavy atom. The largest absolute Gasteiger partial charge is 0.497 e. The number of hydrogen-bond acceptors (Lipinski definition) is 6. The molecule has 0 aliphatic carbocycles. The lowest BCUT2D eigenvalue weighted by Crippen LogP contribution is -2.24. The Bertz CT molecular complexity index is 1570. The van der Waals surface area contributed by atoms with E-state index in [4.69, 9.17) is 4.74 Å². The summed E-state index contributed by atoms with van der Waals surface area (Å²) in [4.78, 5) is 25.9. The molecule has 2 heterocycles. The fourth-order valence-electron chi connectivity index (χ4n) is 3.82. The van der Waals surface area contributed by atoms with Crippen molar-refractivity contribution < 1.29 is 9.53 Å². The molecule has 0 saturated carbocycles. The van der Waals surface area contributed by atoms with Crippen LogP contribution in [-0.4, -0.2) is 37.9 Å². The summed E-state index contributed by atoms with van der Waals surface area (Å²) in [6.45, 7) is 2.49. The van der Waals surface area contributed by atoms with Gasteiger partial charge in [0.05, 0.1) is 29.5 Å². The SMILES string of the molecule is COc1ccc(-n2c(=O)c3ccccc3n3c(SCC(=O)NCc4ccc(C)cc4)nnc23)cc1. The number of carbonyl (C=O) groups is 1. The van der Waals surface area contributed by atoms with E-state index in [1.807, 2.05) is 53.8 Å². The average molecular weight is 486 g/mol. The molecule has 8 nitrogen and oxygen atoms in total. The lowest BCUT2D eigenvalue weighted by Gasteiger charge is -2.12. The summed E-state index contributed by atoms with van der Waals surface area (Å²) in [5.74, 6) is 1.12. The zero-order valence-electron chi connectivity index (χ0n) is 19.3. The van der Waals surface area contributed by atoms with Gasteiger partial charge in [0.1, 0.15) is 5.75 Å². The summed E-state index contributed by atoms with van der Waals surface area (Å²) in [7, 11) is 1.59. The molecule has 0 fully saturated rings. The molecule has 0 aliphatic rings. The number of nitrogens with one attached hydrogen (secondary N) is 1. The zero-order chi connectivity index (χ0) is 24.4. The van der Waals surface area contributed by atoms with Crippen LogP contribution in [0.15, 0.2) is 82.7 Å². The van der Waals surface area contributed by atoms with Gasteiger partial charge < -0.3 is 10.1 Å². The van der Waals surface area contributed by atoms with E-state index in [0.29, 0.717) is 39.8 Å². The van der Waals surface area contributed by atoms with Crippen molar-refractivity contribution in [3.8, 4) is 11.4 Å². The van der Waals surface area contributed by atoms with Crippen LogP contribution in [0.3, 0.4) is 0 Å². The zero-order valence-corrected chi connectivity index (χ0v) is 20.1. The molecule has 2 aromatic heterocycles. The van der Waals surface area contributed by atoms with Gasteiger partial charge in [0.2, 0.25) is 11.7 Å². The van der Waals surface area contributed by atoms with E-state index < -0.39 is 0 Å². The van der Waals surface area contributed by atoms with Crippen LogP contribution in [0, 0.1) is 6.92 Å². The number of amides is 1. The fourth-order valence-corrected chi connectivity index (χ4v) is 4.59. The van der Waals surface area contributed by atoms with Crippen LogP contribution in [0.5, 0.6) is 5.75 Å². The first-order valence-electron chi connectivity index (χ1n) is 11.0. The van der Waals surface area contributed by atoms with E-state index in [1.54, 1.807) is 37.4 Å².